The summed E-state index contributed by atoms with van der Waals surface area (Å²) in [4.78, 5) is 0. The maximum absolute atomic E-state index is 3.55. The molecule has 0 bridgehead atoms. The molecular weight excluding hydrogens is 238 g/mol. The van der Waals surface area contributed by atoms with E-state index in [-0.39, 0.29) is 0 Å². The topological polar surface area (TPSA) is 12.0 Å². The summed E-state index contributed by atoms with van der Waals surface area (Å²) in [6.45, 7) is 7.57. The lowest BCUT2D eigenvalue weighted by Crippen LogP contribution is -2.19. The molecule has 0 spiro atoms. The summed E-state index contributed by atoms with van der Waals surface area (Å²) in [5, 5.41) is 3.47. The summed E-state index contributed by atoms with van der Waals surface area (Å²) in [6.07, 6.45) is 1.18. The lowest BCUT2D eigenvalue weighted by atomic mass is 10.1. The van der Waals surface area contributed by atoms with Gasteiger partial charge in [-0.15, -0.1) is 0 Å². The predicted molar refractivity (Wildman–Crippen MR) is 65.6 cm³/mol. The van der Waals surface area contributed by atoms with E-state index in [1.165, 1.54) is 22.0 Å². The molecule has 0 aliphatic carbocycles. The van der Waals surface area contributed by atoms with Crippen LogP contribution >= 0.6 is 15.9 Å². The Morgan fingerprint density at radius 3 is 2.71 bits per heavy atom. The molecule has 1 N–H and O–H groups in total. The van der Waals surface area contributed by atoms with Crippen molar-refractivity contribution in [3.05, 3.63) is 33.8 Å². The molecule has 0 saturated carbocycles. The first-order chi connectivity index (χ1) is 6.65. The number of rotatable bonds is 4. The Morgan fingerprint density at radius 1 is 1.43 bits per heavy atom. The second-order valence-electron chi connectivity index (χ2n) is 3.68. The Balaban J connectivity index is 2.70. The lowest BCUT2D eigenvalue weighted by molar-refractivity contribution is 0.570. The molecule has 0 aromatic heterocycles. The van der Waals surface area contributed by atoms with E-state index in [9.17, 15) is 0 Å². The molecule has 1 rings (SSSR count). The van der Waals surface area contributed by atoms with Gasteiger partial charge in [-0.2, -0.15) is 0 Å². The Labute approximate surface area is 95.0 Å². The zero-order chi connectivity index (χ0) is 10.6. The number of benzene rings is 1. The smallest absolute Gasteiger partial charge is 0.0292 e. The SMILES string of the molecule is CCCNC(C)c1ccc(C)c(Br)c1. The highest BCUT2D eigenvalue weighted by atomic mass is 79.9. The third kappa shape index (κ3) is 3.10. The van der Waals surface area contributed by atoms with E-state index in [0.29, 0.717) is 6.04 Å². The fraction of sp³-hybridized carbons (Fsp3) is 0.500. The van der Waals surface area contributed by atoms with Gasteiger partial charge in [0.05, 0.1) is 0 Å². The van der Waals surface area contributed by atoms with Crippen molar-refractivity contribution < 1.29 is 0 Å². The summed E-state index contributed by atoms with van der Waals surface area (Å²) in [6, 6.07) is 6.98. The van der Waals surface area contributed by atoms with E-state index in [1.807, 2.05) is 0 Å². The first-order valence-electron chi connectivity index (χ1n) is 5.14. The quantitative estimate of drug-likeness (QED) is 0.863. The summed E-state index contributed by atoms with van der Waals surface area (Å²) < 4.78 is 1.19. The summed E-state index contributed by atoms with van der Waals surface area (Å²) in [5.41, 5.74) is 2.63. The van der Waals surface area contributed by atoms with Crippen LogP contribution in [0.4, 0.5) is 0 Å². The first-order valence-corrected chi connectivity index (χ1v) is 5.94. The average molecular weight is 256 g/mol. The molecule has 78 valence electrons. The summed E-state index contributed by atoms with van der Waals surface area (Å²) in [7, 11) is 0. The van der Waals surface area contributed by atoms with Crippen molar-refractivity contribution in [2.24, 2.45) is 0 Å². The maximum atomic E-state index is 3.55. The first kappa shape index (κ1) is 11.7. The molecule has 1 atom stereocenters. The van der Waals surface area contributed by atoms with Crippen LogP contribution in [0.1, 0.15) is 37.4 Å². The van der Waals surface area contributed by atoms with Crippen LogP contribution < -0.4 is 5.32 Å². The van der Waals surface area contributed by atoms with E-state index in [1.54, 1.807) is 0 Å². The van der Waals surface area contributed by atoms with Gasteiger partial charge in [-0.05, 0) is 44.0 Å². The third-order valence-electron chi connectivity index (χ3n) is 2.40. The number of halogens is 1. The van der Waals surface area contributed by atoms with Crippen LogP contribution in [0.3, 0.4) is 0 Å². The third-order valence-corrected chi connectivity index (χ3v) is 3.25. The van der Waals surface area contributed by atoms with E-state index in [2.05, 4.69) is 60.2 Å². The molecule has 0 aliphatic heterocycles. The average Bonchev–Trinajstić information content (AvgIpc) is 2.18. The summed E-state index contributed by atoms with van der Waals surface area (Å²) in [5.74, 6) is 0. The maximum Gasteiger partial charge on any atom is 0.0292 e. The highest BCUT2D eigenvalue weighted by molar-refractivity contribution is 9.10. The highest BCUT2D eigenvalue weighted by Crippen LogP contribution is 2.21. The molecule has 1 unspecified atom stereocenters. The van der Waals surface area contributed by atoms with Crippen LogP contribution in [0, 0.1) is 6.92 Å². The van der Waals surface area contributed by atoms with Gasteiger partial charge in [-0.25, -0.2) is 0 Å². The Bertz CT molecular complexity index is 296. The second kappa shape index (κ2) is 5.52. The molecule has 0 heterocycles. The van der Waals surface area contributed by atoms with Crippen molar-refractivity contribution >= 4 is 15.9 Å². The van der Waals surface area contributed by atoms with Crippen LogP contribution in [0.25, 0.3) is 0 Å². The van der Waals surface area contributed by atoms with Crippen LogP contribution in [0.2, 0.25) is 0 Å². The molecule has 0 fully saturated rings. The van der Waals surface area contributed by atoms with Gasteiger partial charge in [0.1, 0.15) is 0 Å². The fourth-order valence-electron chi connectivity index (χ4n) is 1.36. The Kier molecular flexibility index (Phi) is 4.63. The van der Waals surface area contributed by atoms with Gasteiger partial charge in [-0.1, -0.05) is 35.0 Å². The number of hydrogen-bond donors (Lipinski definition) is 1. The standard InChI is InChI=1S/C12H18BrN/c1-4-7-14-10(3)11-6-5-9(2)12(13)8-11/h5-6,8,10,14H,4,7H2,1-3H3. The van der Waals surface area contributed by atoms with Crippen molar-refractivity contribution in [3.63, 3.8) is 0 Å². The van der Waals surface area contributed by atoms with Crippen molar-refractivity contribution in [1.82, 2.24) is 5.32 Å². The van der Waals surface area contributed by atoms with Gasteiger partial charge < -0.3 is 5.32 Å². The minimum absolute atomic E-state index is 0.437. The molecule has 1 aromatic rings. The van der Waals surface area contributed by atoms with Crippen molar-refractivity contribution in [2.45, 2.75) is 33.2 Å². The van der Waals surface area contributed by atoms with Crippen LogP contribution in [-0.2, 0) is 0 Å². The molecule has 1 aromatic carbocycles. The van der Waals surface area contributed by atoms with Gasteiger partial charge in [-0.3, -0.25) is 0 Å². The second-order valence-corrected chi connectivity index (χ2v) is 4.54. The van der Waals surface area contributed by atoms with Crippen LogP contribution in [-0.4, -0.2) is 6.54 Å². The van der Waals surface area contributed by atoms with E-state index < -0.39 is 0 Å². The van der Waals surface area contributed by atoms with Gasteiger partial charge in [0.25, 0.3) is 0 Å². The zero-order valence-corrected chi connectivity index (χ0v) is 10.7. The van der Waals surface area contributed by atoms with Crippen molar-refractivity contribution in [2.75, 3.05) is 6.54 Å². The molecule has 14 heavy (non-hydrogen) atoms. The van der Waals surface area contributed by atoms with E-state index in [0.717, 1.165) is 6.54 Å². The predicted octanol–water partition coefficient (Wildman–Crippen LogP) is 3.82. The molecule has 0 saturated heterocycles. The van der Waals surface area contributed by atoms with Crippen LogP contribution in [0.15, 0.2) is 22.7 Å². The monoisotopic (exact) mass is 255 g/mol. The molecule has 0 radical (unpaired) electrons. The van der Waals surface area contributed by atoms with Gasteiger partial charge in [0.15, 0.2) is 0 Å². The van der Waals surface area contributed by atoms with Gasteiger partial charge in [0.2, 0.25) is 0 Å². The van der Waals surface area contributed by atoms with Crippen LogP contribution in [0.5, 0.6) is 0 Å². The summed E-state index contributed by atoms with van der Waals surface area (Å²) >= 11 is 3.55. The normalized spacial score (nSPS) is 12.9. The largest absolute Gasteiger partial charge is 0.310 e. The number of aryl methyl sites for hydroxylation is 1. The molecule has 1 nitrogen and oxygen atoms in total. The van der Waals surface area contributed by atoms with Gasteiger partial charge >= 0.3 is 0 Å². The fourth-order valence-corrected chi connectivity index (χ4v) is 1.75. The molecule has 2 heteroatoms. The minimum atomic E-state index is 0.437. The molecular formula is C12H18BrN. The van der Waals surface area contributed by atoms with E-state index >= 15 is 0 Å². The van der Waals surface area contributed by atoms with E-state index in [4.69, 9.17) is 0 Å². The minimum Gasteiger partial charge on any atom is -0.310 e. The highest BCUT2D eigenvalue weighted by Gasteiger charge is 2.04. The lowest BCUT2D eigenvalue weighted by Gasteiger charge is -2.14. The van der Waals surface area contributed by atoms with Crippen molar-refractivity contribution in [3.8, 4) is 0 Å². The number of hydrogen-bond acceptors (Lipinski definition) is 1. The molecule has 0 aliphatic rings. The molecule has 0 amide bonds. The zero-order valence-electron chi connectivity index (χ0n) is 9.10. The van der Waals surface area contributed by atoms with Crippen molar-refractivity contribution in [1.29, 1.82) is 0 Å². The number of nitrogens with one attached hydrogen (secondary N) is 1. The van der Waals surface area contributed by atoms with Gasteiger partial charge in [0, 0.05) is 10.5 Å². The Morgan fingerprint density at radius 2 is 2.14 bits per heavy atom. The Hall–Kier alpha value is -0.340.